The van der Waals surface area contributed by atoms with E-state index in [0.717, 1.165) is 44.1 Å². The molecule has 1 unspecified atom stereocenters. The second kappa shape index (κ2) is 10.0. The molecular weight excluding hydrogens is 316 g/mol. The smallest absolute Gasteiger partial charge is 0.251 e. The molecule has 138 valence electrons. The fourth-order valence-corrected chi connectivity index (χ4v) is 3.07. The van der Waals surface area contributed by atoms with E-state index in [1.54, 1.807) is 14.2 Å². The van der Waals surface area contributed by atoms with Gasteiger partial charge in [0.1, 0.15) is 0 Å². The highest BCUT2D eigenvalue weighted by Crippen LogP contribution is 2.16. The highest BCUT2D eigenvalue weighted by atomic mass is 16.5. The molecule has 1 aliphatic heterocycles. The van der Waals surface area contributed by atoms with Crippen molar-refractivity contribution in [1.29, 1.82) is 0 Å². The summed E-state index contributed by atoms with van der Waals surface area (Å²) in [6, 6.07) is 7.72. The fraction of sp³-hybridized carbons (Fsp3) is 0.579. The zero-order valence-electron chi connectivity index (χ0n) is 15.5. The van der Waals surface area contributed by atoms with E-state index in [1.807, 2.05) is 31.2 Å². The number of hydrogen-bond donors (Lipinski definition) is 2. The van der Waals surface area contributed by atoms with Crippen molar-refractivity contribution in [3.05, 3.63) is 35.4 Å². The summed E-state index contributed by atoms with van der Waals surface area (Å²) in [6.07, 6.45) is 2.06. The van der Waals surface area contributed by atoms with Crippen molar-refractivity contribution in [2.45, 2.75) is 26.3 Å². The Bertz CT molecular complexity index is 589. The third-order valence-electron chi connectivity index (χ3n) is 4.37. The van der Waals surface area contributed by atoms with Gasteiger partial charge in [0.25, 0.3) is 5.91 Å². The number of hydrogen-bond acceptors (Lipinski definition) is 3. The number of benzene rings is 1. The van der Waals surface area contributed by atoms with Crippen LogP contribution in [-0.2, 0) is 11.3 Å². The molecule has 1 amide bonds. The Labute approximate surface area is 150 Å². The van der Waals surface area contributed by atoms with Crippen LogP contribution in [0.1, 0.15) is 35.7 Å². The molecule has 1 atom stereocenters. The molecule has 1 fully saturated rings. The number of guanidine groups is 1. The van der Waals surface area contributed by atoms with Crippen molar-refractivity contribution >= 4 is 11.9 Å². The first-order valence-corrected chi connectivity index (χ1v) is 8.99. The fourth-order valence-electron chi connectivity index (χ4n) is 3.07. The summed E-state index contributed by atoms with van der Waals surface area (Å²) in [5.41, 5.74) is 1.77. The van der Waals surface area contributed by atoms with Crippen LogP contribution >= 0.6 is 0 Å². The van der Waals surface area contributed by atoms with Gasteiger partial charge in [-0.1, -0.05) is 19.1 Å². The largest absolute Gasteiger partial charge is 0.384 e. The predicted octanol–water partition coefficient (Wildman–Crippen LogP) is 1.87. The molecule has 0 bridgehead atoms. The number of likely N-dealkylation sites (tertiary alicyclic amines) is 1. The van der Waals surface area contributed by atoms with Crippen LogP contribution in [0.4, 0.5) is 0 Å². The molecule has 6 nitrogen and oxygen atoms in total. The van der Waals surface area contributed by atoms with Gasteiger partial charge >= 0.3 is 0 Å². The summed E-state index contributed by atoms with van der Waals surface area (Å²) >= 11 is 0. The maximum absolute atomic E-state index is 12.1. The van der Waals surface area contributed by atoms with Crippen LogP contribution in [0.25, 0.3) is 0 Å². The first-order chi connectivity index (χ1) is 12.2. The molecule has 2 N–H and O–H groups in total. The van der Waals surface area contributed by atoms with Crippen LogP contribution in [0, 0.1) is 5.92 Å². The number of ether oxygens (including phenoxy) is 1. The molecule has 1 saturated heterocycles. The number of methoxy groups -OCH3 is 1. The maximum atomic E-state index is 12.1. The minimum Gasteiger partial charge on any atom is -0.384 e. The van der Waals surface area contributed by atoms with Gasteiger partial charge < -0.3 is 20.3 Å². The third-order valence-corrected chi connectivity index (χ3v) is 4.37. The number of amides is 1. The highest BCUT2D eigenvalue weighted by molar-refractivity contribution is 5.94. The Morgan fingerprint density at radius 1 is 1.40 bits per heavy atom. The number of aliphatic imine (C=N–C) groups is 1. The Balaban J connectivity index is 1.90. The van der Waals surface area contributed by atoms with E-state index in [0.29, 0.717) is 24.6 Å². The zero-order chi connectivity index (χ0) is 18.1. The standard InChI is InChI=1S/C19H30N4O2/c1-4-9-21-18(24)17-7-5-6-15(11-17)12-22-19(20-2)23-10-8-16(13-23)14-25-3/h5-7,11,16H,4,8-10,12-14H2,1-3H3,(H,20,22)(H,21,24). The van der Waals surface area contributed by atoms with Crippen molar-refractivity contribution in [1.82, 2.24) is 15.5 Å². The van der Waals surface area contributed by atoms with Crippen molar-refractivity contribution in [2.75, 3.05) is 40.4 Å². The summed E-state index contributed by atoms with van der Waals surface area (Å²) in [5, 5.41) is 6.31. The van der Waals surface area contributed by atoms with Crippen molar-refractivity contribution in [2.24, 2.45) is 10.9 Å². The van der Waals surface area contributed by atoms with Gasteiger partial charge in [0.2, 0.25) is 0 Å². The van der Waals surface area contributed by atoms with Crippen LogP contribution < -0.4 is 10.6 Å². The molecule has 0 aliphatic carbocycles. The van der Waals surface area contributed by atoms with Crippen molar-refractivity contribution in [3.8, 4) is 0 Å². The van der Waals surface area contributed by atoms with Crippen LogP contribution in [0.3, 0.4) is 0 Å². The van der Waals surface area contributed by atoms with Crippen LogP contribution in [0.2, 0.25) is 0 Å². The average Bonchev–Trinajstić information content (AvgIpc) is 3.09. The number of carbonyl (C=O) groups is 1. The zero-order valence-corrected chi connectivity index (χ0v) is 15.5. The molecule has 0 aromatic heterocycles. The predicted molar refractivity (Wildman–Crippen MR) is 101 cm³/mol. The van der Waals surface area contributed by atoms with Crippen LogP contribution in [0.5, 0.6) is 0 Å². The van der Waals surface area contributed by atoms with E-state index < -0.39 is 0 Å². The second-order valence-electron chi connectivity index (χ2n) is 6.41. The lowest BCUT2D eigenvalue weighted by molar-refractivity contribution is 0.0953. The Hall–Kier alpha value is -2.08. The number of carbonyl (C=O) groups excluding carboxylic acids is 1. The SMILES string of the molecule is CCCNC(=O)c1cccc(CNC(=NC)N2CCC(COC)C2)c1. The molecule has 2 rings (SSSR count). The van der Waals surface area contributed by atoms with Gasteiger partial charge in [0, 0.05) is 51.8 Å². The monoisotopic (exact) mass is 346 g/mol. The number of rotatable bonds is 7. The molecule has 0 radical (unpaired) electrons. The molecule has 1 heterocycles. The van der Waals surface area contributed by atoms with E-state index in [2.05, 4.69) is 20.5 Å². The molecule has 1 aliphatic rings. The molecule has 0 saturated carbocycles. The first-order valence-electron chi connectivity index (χ1n) is 8.99. The molecule has 0 spiro atoms. The molecular formula is C19H30N4O2. The average molecular weight is 346 g/mol. The van der Waals surface area contributed by atoms with Crippen LogP contribution in [0.15, 0.2) is 29.3 Å². The second-order valence-corrected chi connectivity index (χ2v) is 6.41. The lowest BCUT2D eigenvalue weighted by Gasteiger charge is -2.21. The minimum atomic E-state index is -0.0185. The van der Waals surface area contributed by atoms with Gasteiger partial charge in [-0.2, -0.15) is 0 Å². The lowest BCUT2D eigenvalue weighted by Crippen LogP contribution is -2.39. The third kappa shape index (κ3) is 5.74. The van der Waals surface area contributed by atoms with Crippen molar-refractivity contribution < 1.29 is 9.53 Å². The van der Waals surface area contributed by atoms with E-state index in [1.165, 1.54) is 0 Å². The molecule has 1 aromatic carbocycles. The Morgan fingerprint density at radius 3 is 2.96 bits per heavy atom. The maximum Gasteiger partial charge on any atom is 0.251 e. The summed E-state index contributed by atoms with van der Waals surface area (Å²) < 4.78 is 5.26. The van der Waals surface area contributed by atoms with Gasteiger partial charge in [0.15, 0.2) is 5.96 Å². The van der Waals surface area contributed by atoms with E-state index >= 15 is 0 Å². The lowest BCUT2D eigenvalue weighted by atomic mass is 10.1. The quantitative estimate of drug-likeness (QED) is 0.584. The van der Waals surface area contributed by atoms with Gasteiger partial charge in [-0.3, -0.25) is 9.79 Å². The van der Waals surface area contributed by atoms with E-state index in [-0.39, 0.29) is 5.91 Å². The van der Waals surface area contributed by atoms with E-state index in [9.17, 15) is 4.79 Å². The van der Waals surface area contributed by atoms with Gasteiger partial charge in [-0.25, -0.2) is 0 Å². The Kier molecular flexibility index (Phi) is 7.73. The van der Waals surface area contributed by atoms with Crippen LogP contribution in [-0.4, -0.2) is 57.2 Å². The molecule has 1 aromatic rings. The molecule has 25 heavy (non-hydrogen) atoms. The number of nitrogens with zero attached hydrogens (tertiary/aromatic N) is 2. The number of nitrogens with one attached hydrogen (secondary N) is 2. The normalized spacial score (nSPS) is 17.6. The first kappa shape index (κ1) is 19.2. The van der Waals surface area contributed by atoms with Crippen molar-refractivity contribution in [3.63, 3.8) is 0 Å². The van der Waals surface area contributed by atoms with Gasteiger partial charge in [0.05, 0.1) is 6.61 Å². The summed E-state index contributed by atoms with van der Waals surface area (Å²) in [5.74, 6) is 1.45. The van der Waals surface area contributed by atoms with Gasteiger partial charge in [-0.15, -0.1) is 0 Å². The van der Waals surface area contributed by atoms with E-state index in [4.69, 9.17) is 4.74 Å². The summed E-state index contributed by atoms with van der Waals surface area (Å²) in [4.78, 5) is 18.7. The summed E-state index contributed by atoms with van der Waals surface area (Å²) in [7, 11) is 3.56. The topological polar surface area (TPSA) is 66.0 Å². The Morgan fingerprint density at radius 2 is 2.24 bits per heavy atom. The minimum absolute atomic E-state index is 0.0185. The molecule has 6 heteroatoms. The highest BCUT2D eigenvalue weighted by Gasteiger charge is 2.24. The summed E-state index contributed by atoms with van der Waals surface area (Å²) in [6.45, 7) is 6.14. The van der Waals surface area contributed by atoms with Gasteiger partial charge in [-0.05, 0) is 30.5 Å².